The first-order valence-corrected chi connectivity index (χ1v) is 7.98. The summed E-state index contributed by atoms with van der Waals surface area (Å²) >= 11 is 9.94. The molecule has 2 aromatic rings. The van der Waals surface area contributed by atoms with Crippen molar-refractivity contribution in [2.45, 2.75) is 26.2 Å². The van der Waals surface area contributed by atoms with Crippen LogP contribution in [0.1, 0.15) is 28.2 Å². The first kappa shape index (κ1) is 14.6. The molecule has 0 fully saturated rings. The average molecular weight is 338 g/mol. The fourth-order valence-corrected chi connectivity index (χ4v) is 3.21. The van der Waals surface area contributed by atoms with Crippen LogP contribution in [0.5, 0.6) is 0 Å². The minimum absolute atomic E-state index is 0.411. The summed E-state index contributed by atoms with van der Waals surface area (Å²) in [6.45, 7) is 4.31. The lowest BCUT2D eigenvalue weighted by atomic mass is 9.91. The van der Waals surface area contributed by atoms with E-state index < -0.39 is 0 Å². The summed E-state index contributed by atoms with van der Waals surface area (Å²) in [5.74, 6) is 0.411. The quantitative estimate of drug-likeness (QED) is 0.630. The Balaban J connectivity index is 2.29. The van der Waals surface area contributed by atoms with Gasteiger partial charge in [0.1, 0.15) is 0 Å². The molecule has 0 N–H and O–H groups in total. The molecule has 100 valence electrons. The van der Waals surface area contributed by atoms with Crippen LogP contribution in [0.25, 0.3) is 0 Å². The van der Waals surface area contributed by atoms with Gasteiger partial charge in [-0.1, -0.05) is 69.5 Å². The maximum absolute atomic E-state index is 6.31. The second-order valence-electron chi connectivity index (χ2n) is 5.01. The van der Waals surface area contributed by atoms with Crippen molar-refractivity contribution in [3.63, 3.8) is 0 Å². The van der Waals surface area contributed by atoms with E-state index in [2.05, 4.69) is 60.1 Å². The molecular formula is C17H18BrCl. The Morgan fingerprint density at radius 3 is 2.53 bits per heavy atom. The molecule has 0 aromatic heterocycles. The number of hydrogen-bond acceptors (Lipinski definition) is 0. The van der Waals surface area contributed by atoms with E-state index in [1.807, 2.05) is 12.1 Å². The zero-order valence-corrected chi connectivity index (χ0v) is 13.6. The molecule has 0 aliphatic carbocycles. The van der Waals surface area contributed by atoms with Gasteiger partial charge in [0.05, 0.1) is 0 Å². The highest BCUT2D eigenvalue weighted by atomic mass is 79.9. The van der Waals surface area contributed by atoms with E-state index in [4.69, 9.17) is 11.6 Å². The third-order valence-electron chi connectivity index (χ3n) is 3.50. The van der Waals surface area contributed by atoms with E-state index in [1.54, 1.807) is 0 Å². The fraction of sp³-hybridized carbons (Fsp3) is 0.294. The number of aryl methyl sites for hydroxylation is 2. The molecule has 0 saturated carbocycles. The molecule has 0 saturated heterocycles. The Morgan fingerprint density at radius 2 is 1.84 bits per heavy atom. The Bertz CT molecular complexity index is 563. The van der Waals surface area contributed by atoms with E-state index in [0.717, 1.165) is 16.8 Å². The Hall–Kier alpha value is -0.790. The standard InChI is InChI=1S/C17H18BrCl/c1-12-7-8-13(2)14(9-12)10-15(11-18)16-5-3-4-6-17(16)19/h3-9,15H,10-11H2,1-2H3. The van der Waals surface area contributed by atoms with E-state index in [9.17, 15) is 0 Å². The molecule has 0 heterocycles. The van der Waals surface area contributed by atoms with Crippen LogP contribution in [0.3, 0.4) is 0 Å². The number of rotatable bonds is 4. The van der Waals surface area contributed by atoms with Crippen molar-refractivity contribution in [2.24, 2.45) is 0 Å². The zero-order chi connectivity index (χ0) is 13.8. The third kappa shape index (κ3) is 3.61. The van der Waals surface area contributed by atoms with Crippen LogP contribution in [-0.4, -0.2) is 5.33 Å². The molecule has 2 rings (SSSR count). The molecule has 0 nitrogen and oxygen atoms in total. The summed E-state index contributed by atoms with van der Waals surface area (Å²) in [6, 6.07) is 14.8. The zero-order valence-electron chi connectivity index (χ0n) is 11.3. The lowest BCUT2D eigenvalue weighted by Crippen LogP contribution is -2.06. The predicted molar refractivity (Wildman–Crippen MR) is 87.6 cm³/mol. The number of halogens is 2. The number of alkyl halides is 1. The lowest BCUT2D eigenvalue weighted by molar-refractivity contribution is 0.771. The van der Waals surface area contributed by atoms with Crippen LogP contribution in [-0.2, 0) is 6.42 Å². The Kier molecular flexibility index (Phi) is 5.06. The molecule has 2 aromatic carbocycles. The maximum atomic E-state index is 6.31. The van der Waals surface area contributed by atoms with Crippen LogP contribution < -0.4 is 0 Å². The van der Waals surface area contributed by atoms with Crippen molar-refractivity contribution in [3.8, 4) is 0 Å². The molecule has 19 heavy (non-hydrogen) atoms. The van der Waals surface area contributed by atoms with Crippen LogP contribution in [0.15, 0.2) is 42.5 Å². The molecule has 1 unspecified atom stereocenters. The van der Waals surface area contributed by atoms with Gasteiger partial charge in [0.25, 0.3) is 0 Å². The molecule has 0 amide bonds. The van der Waals surface area contributed by atoms with Crippen LogP contribution >= 0.6 is 27.5 Å². The van der Waals surface area contributed by atoms with Gasteiger partial charge in [-0.05, 0) is 48.9 Å². The number of benzene rings is 2. The summed E-state index contributed by atoms with van der Waals surface area (Å²) in [7, 11) is 0. The Morgan fingerprint density at radius 1 is 1.11 bits per heavy atom. The summed E-state index contributed by atoms with van der Waals surface area (Å²) < 4.78 is 0. The monoisotopic (exact) mass is 336 g/mol. The molecular weight excluding hydrogens is 320 g/mol. The first-order valence-electron chi connectivity index (χ1n) is 6.48. The van der Waals surface area contributed by atoms with Crippen molar-refractivity contribution in [1.82, 2.24) is 0 Å². The minimum atomic E-state index is 0.411. The lowest BCUT2D eigenvalue weighted by Gasteiger charge is -2.18. The highest BCUT2D eigenvalue weighted by Crippen LogP contribution is 2.30. The smallest absolute Gasteiger partial charge is 0.0441 e. The molecule has 2 heteroatoms. The van der Waals surface area contributed by atoms with E-state index in [-0.39, 0.29) is 0 Å². The second-order valence-corrected chi connectivity index (χ2v) is 6.06. The fourth-order valence-electron chi connectivity index (χ4n) is 2.34. The average Bonchev–Trinajstić information content (AvgIpc) is 2.41. The number of hydrogen-bond donors (Lipinski definition) is 0. The van der Waals surface area contributed by atoms with Gasteiger partial charge >= 0.3 is 0 Å². The van der Waals surface area contributed by atoms with Gasteiger partial charge in [0.15, 0.2) is 0 Å². The SMILES string of the molecule is Cc1ccc(C)c(CC(CBr)c2ccccc2Cl)c1. The van der Waals surface area contributed by atoms with Crippen LogP contribution in [0, 0.1) is 13.8 Å². The van der Waals surface area contributed by atoms with Gasteiger partial charge in [-0.25, -0.2) is 0 Å². The van der Waals surface area contributed by atoms with Crippen LogP contribution in [0.2, 0.25) is 5.02 Å². The van der Waals surface area contributed by atoms with Crippen molar-refractivity contribution in [1.29, 1.82) is 0 Å². The third-order valence-corrected chi connectivity index (χ3v) is 4.63. The summed E-state index contributed by atoms with van der Waals surface area (Å²) in [6.07, 6.45) is 1.02. The maximum Gasteiger partial charge on any atom is 0.0441 e. The summed E-state index contributed by atoms with van der Waals surface area (Å²) in [5, 5.41) is 1.78. The molecule has 1 atom stereocenters. The van der Waals surface area contributed by atoms with Crippen molar-refractivity contribution in [2.75, 3.05) is 5.33 Å². The van der Waals surface area contributed by atoms with Gasteiger partial charge in [0.2, 0.25) is 0 Å². The van der Waals surface area contributed by atoms with Crippen molar-refractivity contribution >= 4 is 27.5 Å². The van der Waals surface area contributed by atoms with E-state index >= 15 is 0 Å². The summed E-state index contributed by atoms with van der Waals surface area (Å²) in [5.41, 5.74) is 5.29. The van der Waals surface area contributed by atoms with Gasteiger partial charge in [-0.3, -0.25) is 0 Å². The normalized spacial score (nSPS) is 12.4. The highest BCUT2D eigenvalue weighted by molar-refractivity contribution is 9.09. The largest absolute Gasteiger partial charge is 0.0921 e. The highest BCUT2D eigenvalue weighted by Gasteiger charge is 2.15. The van der Waals surface area contributed by atoms with E-state index in [1.165, 1.54) is 22.3 Å². The molecule has 0 aliphatic heterocycles. The van der Waals surface area contributed by atoms with Gasteiger partial charge in [-0.15, -0.1) is 0 Å². The second kappa shape index (κ2) is 6.58. The van der Waals surface area contributed by atoms with Crippen molar-refractivity contribution < 1.29 is 0 Å². The Labute approximate surface area is 128 Å². The van der Waals surface area contributed by atoms with Gasteiger partial charge in [0, 0.05) is 10.4 Å². The van der Waals surface area contributed by atoms with Gasteiger partial charge < -0.3 is 0 Å². The molecule has 0 spiro atoms. The van der Waals surface area contributed by atoms with E-state index in [0.29, 0.717) is 5.92 Å². The molecule has 0 bridgehead atoms. The minimum Gasteiger partial charge on any atom is -0.0921 e. The molecule has 0 radical (unpaired) electrons. The van der Waals surface area contributed by atoms with Gasteiger partial charge in [-0.2, -0.15) is 0 Å². The van der Waals surface area contributed by atoms with Crippen molar-refractivity contribution in [3.05, 3.63) is 69.7 Å². The van der Waals surface area contributed by atoms with Crippen LogP contribution in [0.4, 0.5) is 0 Å². The first-order chi connectivity index (χ1) is 9.11. The summed E-state index contributed by atoms with van der Waals surface area (Å²) in [4.78, 5) is 0. The topological polar surface area (TPSA) is 0 Å². The molecule has 0 aliphatic rings. The predicted octanol–water partition coefficient (Wildman–Crippen LogP) is 5.68.